The molecule has 20 heavy (non-hydrogen) atoms. The minimum Gasteiger partial charge on any atom is -0.486 e. The van der Waals surface area contributed by atoms with Crippen LogP contribution in [0.15, 0.2) is 42.7 Å². The number of ether oxygens (including phenoxy) is 1. The molecule has 0 unspecified atom stereocenters. The van der Waals surface area contributed by atoms with Gasteiger partial charge in [-0.25, -0.2) is 4.39 Å². The summed E-state index contributed by atoms with van der Waals surface area (Å²) in [7, 11) is 0. The molecule has 2 nitrogen and oxygen atoms in total. The average Bonchev–Trinajstić information content (AvgIpc) is 2.37. The molecule has 0 radical (unpaired) electrons. The van der Waals surface area contributed by atoms with Crippen molar-refractivity contribution in [1.82, 2.24) is 4.98 Å². The van der Waals surface area contributed by atoms with Crippen LogP contribution in [-0.4, -0.2) is 12.0 Å². The molecule has 0 aliphatic rings. The predicted octanol–water partition coefficient (Wildman–Crippen LogP) is -0.142. The third-order valence-electron chi connectivity index (χ3n) is 2.48. The zero-order chi connectivity index (χ0) is 13.9. The fourth-order valence-corrected chi connectivity index (χ4v) is 1.47. The van der Waals surface area contributed by atoms with Crippen LogP contribution < -0.4 is 61.6 Å². The van der Waals surface area contributed by atoms with Gasteiger partial charge < -0.3 is 17.7 Å². The second-order valence-electron chi connectivity index (χ2n) is 3.91. The number of hydrogen-bond acceptors (Lipinski definition) is 2. The van der Waals surface area contributed by atoms with Gasteiger partial charge in [0.15, 0.2) is 11.6 Å². The molecule has 1 aromatic heterocycles. The van der Waals surface area contributed by atoms with Crippen LogP contribution in [0.2, 0.25) is 0 Å². The molecule has 0 saturated heterocycles. The van der Waals surface area contributed by atoms with Crippen molar-refractivity contribution >= 4 is 12.4 Å². The van der Waals surface area contributed by atoms with Gasteiger partial charge >= 0.3 is 58.4 Å². The summed E-state index contributed by atoms with van der Waals surface area (Å²) in [4.78, 5) is 3.79. The van der Waals surface area contributed by atoms with Gasteiger partial charge in [0.25, 0.3) is 0 Å². The van der Waals surface area contributed by atoms with Crippen molar-refractivity contribution in [1.29, 1.82) is 0 Å². The van der Waals surface area contributed by atoms with Gasteiger partial charge in [0.1, 0.15) is 6.61 Å². The van der Waals surface area contributed by atoms with Crippen molar-refractivity contribution in [3.8, 4) is 5.75 Å². The second-order valence-corrected chi connectivity index (χ2v) is 3.91. The van der Waals surface area contributed by atoms with E-state index in [1.54, 1.807) is 12.1 Å². The topological polar surface area (TPSA) is 22.1 Å². The molecule has 1 heterocycles. The molecule has 0 amide bonds. The minimum atomic E-state index is -5.17. The first-order valence-electron chi connectivity index (χ1n) is 5.48. The van der Waals surface area contributed by atoms with E-state index in [1.165, 1.54) is 12.4 Å². The summed E-state index contributed by atoms with van der Waals surface area (Å²) in [6.07, 6.45) is 3.04. The molecule has 1 aromatic carbocycles. The Labute approximate surface area is 156 Å². The maximum Gasteiger partial charge on any atom is 1.00 e. The van der Waals surface area contributed by atoms with E-state index in [9.17, 15) is 17.3 Å². The summed E-state index contributed by atoms with van der Waals surface area (Å²) in [5.74, 6) is -1.23. The van der Waals surface area contributed by atoms with Crippen LogP contribution in [-0.2, 0) is 6.61 Å². The summed E-state index contributed by atoms with van der Waals surface area (Å²) >= 11 is 0. The Morgan fingerprint density at radius 3 is 2.30 bits per heavy atom. The van der Waals surface area contributed by atoms with E-state index >= 15 is 0 Å². The monoisotopic (exact) mass is 309 g/mol. The van der Waals surface area contributed by atoms with E-state index in [-0.39, 0.29) is 58.0 Å². The van der Waals surface area contributed by atoms with Crippen LogP contribution in [0.3, 0.4) is 0 Å². The first-order valence-corrected chi connectivity index (χ1v) is 5.48. The van der Waals surface area contributed by atoms with E-state index in [1.807, 2.05) is 0 Å². The SMILES string of the molecule is Fc1ccc([B-](F)(F)F)cc1OCc1ccncc1.[K+]. The first-order chi connectivity index (χ1) is 8.97. The zero-order valence-electron chi connectivity index (χ0n) is 10.7. The van der Waals surface area contributed by atoms with Gasteiger partial charge in [0, 0.05) is 12.4 Å². The van der Waals surface area contributed by atoms with E-state index in [0.717, 1.165) is 6.07 Å². The van der Waals surface area contributed by atoms with Gasteiger partial charge in [0.2, 0.25) is 0 Å². The Morgan fingerprint density at radius 2 is 1.70 bits per heavy atom. The smallest absolute Gasteiger partial charge is 0.486 e. The van der Waals surface area contributed by atoms with E-state index in [0.29, 0.717) is 17.7 Å². The number of benzene rings is 1. The van der Waals surface area contributed by atoms with Crippen molar-refractivity contribution in [3.05, 3.63) is 54.1 Å². The summed E-state index contributed by atoms with van der Waals surface area (Å²) in [5, 5.41) is 0. The molecule has 0 spiro atoms. The molecule has 0 N–H and O–H groups in total. The largest absolute Gasteiger partial charge is 1.00 e. The number of nitrogens with zero attached hydrogens (tertiary/aromatic N) is 1. The first kappa shape index (κ1) is 17.6. The normalized spacial score (nSPS) is 10.8. The maximum absolute atomic E-state index is 13.4. The van der Waals surface area contributed by atoms with Crippen LogP contribution in [0.5, 0.6) is 5.75 Å². The zero-order valence-corrected chi connectivity index (χ0v) is 13.8. The Hall–Kier alpha value is -0.409. The van der Waals surface area contributed by atoms with Gasteiger partial charge in [0.05, 0.1) is 0 Å². The quantitative estimate of drug-likeness (QED) is 0.579. The van der Waals surface area contributed by atoms with Crippen LogP contribution in [0.4, 0.5) is 17.3 Å². The molecular formula is C12H9BF4KNO. The van der Waals surface area contributed by atoms with Crippen molar-refractivity contribution in [2.24, 2.45) is 0 Å². The summed E-state index contributed by atoms with van der Waals surface area (Å²) < 4.78 is 56.0. The molecular weight excluding hydrogens is 300 g/mol. The predicted molar refractivity (Wildman–Crippen MR) is 63.7 cm³/mol. The van der Waals surface area contributed by atoms with E-state index in [2.05, 4.69) is 4.98 Å². The van der Waals surface area contributed by atoms with E-state index < -0.39 is 24.0 Å². The number of rotatable bonds is 4. The Bertz CT molecular complexity index is 565. The van der Waals surface area contributed by atoms with Crippen LogP contribution >= 0.6 is 0 Å². The number of pyridine rings is 1. The molecule has 0 saturated carbocycles. The van der Waals surface area contributed by atoms with Gasteiger partial charge in [-0.05, 0) is 29.8 Å². The molecule has 0 aliphatic heterocycles. The van der Waals surface area contributed by atoms with Crippen molar-refractivity contribution < 1.29 is 73.5 Å². The summed E-state index contributed by atoms with van der Waals surface area (Å²) in [6, 6.07) is 5.41. The molecule has 0 bridgehead atoms. The van der Waals surface area contributed by atoms with Gasteiger partial charge in [-0.3, -0.25) is 4.98 Å². The second kappa shape index (κ2) is 7.56. The minimum absolute atomic E-state index is 0. The Morgan fingerprint density at radius 1 is 1.05 bits per heavy atom. The molecule has 100 valence electrons. The van der Waals surface area contributed by atoms with Crippen LogP contribution in [0.25, 0.3) is 0 Å². The number of halogens is 4. The average molecular weight is 309 g/mol. The summed E-state index contributed by atoms with van der Waals surface area (Å²) in [5.41, 5.74) is -0.191. The fourth-order valence-electron chi connectivity index (χ4n) is 1.47. The third kappa shape index (κ3) is 4.85. The Balaban J connectivity index is 0.00000200. The fraction of sp³-hybridized carbons (Fsp3) is 0.0833. The van der Waals surface area contributed by atoms with E-state index in [4.69, 9.17) is 4.74 Å². The third-order valence-corrected chi connectivity index (χ3v) is 2.48. The van der Waals surface area contributed by atoms with Crippen LogP contribution in [0, 0.1) is 5.82 Å². The molecule has 0 atom stereocenters. The Kier molecular flexibility index (Phi) is 6.67. The van der Waals surface area contributed by atoms with Gasteiger partial charge in [-0.15, -0.1) is 5.46 Å². The van der Waals surface area contributed by atoms with Crippen molar-refractivity contribution in [2.45, 2.75) is 6.61 Å². The standard InChI is InChI=1S/C12H9BF4NO.K/c14-11-2-1-10(13(15,16)17)7-12(11)19-8-9-3-5-18-6-4-9;/h1-7H,8H2;/q-1;+1. The molecule has 0 aliphatic carbocycles. The van der Waals surface area contributed by atoms with Crippen molar-refractivity contribution in [3.63, 3.8) is 0 Å². The molecule has 0 fully saturated rings. The van der Waals surface area contributed by atoms with Gasteiger partial charge in [-0.2, -0.15) is 0 Å². The summed E-state index contributed by atoms with van der Waals surface area (Å²) in [6.45, 7) is -5.19. The van der Waals surface area contributed by atoms with Gasteiger partial charge in [-0.1, -0.05) is 6.07 Å². The molecule has 2 rings (SSSR count). The molecule has 2 aromatic rings. The maximum atomic E-state index is 13.4. The number of aromatic nitrogens is 1. The number of hydrogen-bond donors (Lipinski definition) is 0. The molecule has 8 heteroatoms. The van der Waals surface area contributed by atoms with Crippen LogP contribution in [0.1, 0.15) is 5.56 Å². The van der Waals surface area contributed by atoms with Crippen molar-refractivity contribution in [2.75, 3.05) is 0 Å².